The molecule has 0 N–H and O–H groups in total. The molecule has 0 aromatic heterocycles. The zero-order valence-electron chi connectivity index (χ0n) is 8.79. The first-order valence-electron chi connectivity index (χ1n) is 4.97. The fourth-order valence-corrected chi connectivity index (χ4v) is 1.73. The Hall–Kier alpha value is -2.54. The molecule has 4 heteroatoms. The number of carbonyl (C=O) groups is 1. The highest BCUT2D eigenvalue weighted by Crippen LogP contribution is 2.26. The first kappa shape index (κ1) is 11.0. The second-order valence-corrected chi connectivity index (χ2v) is 3.45. The monoisotopic (exact) mass is 226 g/mol. The fraction of sp³-hybridized carbons (Fsp3) is 0.0769. The van der Waals surface area contributed by atoms with Gasteiger partial charge in [0.2, 0.25) is 6.10 Å². The molecule has 0 amide bonds. The van der Waals surface area contributed by atoms with Crippen molar-refractivity contribution < 1.29 is 14.6 Å². The molecule has 0 saturated carbocycles. The molecule has 2 aromatic carbocycles. The van der Waals surface area contributed by atoms with Crippen LogP contribution in [0.2, 0.25) is 0 Å². The Morgan fingerprint density at radius 1 is 1.18 bits per heavy atom. The van der Waals surface area contributed by atoms with Crippen molar-refractivity contribution in [2.24, 2.45) is 0 Å². The van der Waals surface area contributed by atoms with Crippen molar-refractivity contribution in [3.8, 4) is 6.07 Å². The summed E-state index contributed by atoms with van der Waals surface area (Å²) in [5, 5.41) is 21.0. The van der Waals surface area contributed by atoms with Crippen molar-refractivity contribution in [3.05, 3.63) is 48.0 Å². The van der Waals surface area contributed by atoms with Gasteiger partial charge in [-0.05, 0) is 10.8 Å². The molecule has 0 saturated heterocycles. The van der Waals surface area contributed by atoms with Gasteiger partial charge in [0.25, 0.3) is 0 Å². The average molecular weight is 226 g/mol. The smallest absolute Gasteiger partial charge is 0.408 e. The summed E-state index contributed by atoms with van der Waals surface area (Å²) < 4.78 is 4.44. The first-order chi connectivity index (χ1) is 8.22. The van der Waals surface area contributed by atoms with E-state index in [1.165, 1.54) is 0 Å². The van der Waals surface area contributed by atoms with Crippen LogP contribution >= 0.6 is 0 Å². The van der Waals surface area contributed by atoms with Gasteiger partial charge in [-0.1, -0.05) is 42.5 Å². The Morgan fingerprint density at radius 3 is 2.59 bits per heavy atom. The van der Waals surface area contributed by atoms with Crippen LogP contribution in [0.4, 0.5) is 4.79 Å². The molecule has 1 unspecified atom stereocenters. The van der Waals surface area contributed by atoms with Gasteiger partial charge in [0.1, 0.15) is 6.07 Å². The van der Waals surface area contributed by atoms with E-state index in [9.17, 15) is 9.90 Å². The number of hydrogen-bond donors (Lipinski definition) is 0. The van der Waals surface area contributed by atoms with Gasteiger partial charge in [0.05, 0.1) is 0 Å². The number of carbonyl (C=O) groups excluding carboxylic acids is 1. The Kier molecular flexibility index (Phi) is 2.93. The van der Waals surface area contributed by atoms with E-state index in [4.69, 9.17) is 5.26 Å². The molecule has 0 aliphatic carbocycles. The maximum atomic E-state index is 10.4. The maximum Gasteiger partial charge on any atom is 0.551 e. The standard InChI is InChI=1S/C13H8NO3/c14-8-12(17-13(15)16)11-7-3-5-9-4-1-2-6-10(9)11/h1-7,12H. The molecule has 1 radical (unpaired) electrons. The molecule has 2 aromatic rings. The number of hydrogen-bond acceptors (Lipinski definition) is 3. The first-order valence-corrected chi connectivity index (χ1v) is 4.97. The van der Waals surface area contributed by atoms with E-state index >= 15 is 0 Å². The third kappa shape index (κ3) is 2.18. The van der Waals surface area contributed by atoms with Crippen molar-refractivity contribution >= 4 is 16.9 Å². The van der Waals surface area contributed by atoms with E-state index in [2.05, 4.69) is 4.74 Å². The Balaban J connectivity index is 2.54. The van der Waals surface area contributed by atoms with Crippen molar-refractivity contribution in [3.63, 3.8) is 0 Å². The molecular formula is C13H8NO3. The predicted molar refractivity (Wildman–Crippen MR) is 59.5 cm³/mol. The summed E-state index contributed by atoms with van der Waals surface area (Å²) in [5.41, 5.74) is 0.523. The minimum absolute atomic E-state index is 0.523. The summed E-state index contributed by atoms with van der Waals surface area (Å²) in [7, 11) is 0. The van der Waals surface area contributed by atoms with Gasteiger partial charge in [-0.3, -0.25) is 0 Å². The normalized spacial score (nSPS) is 11.7. The molecule has 0 bridgehead atoms. The van der Waals surface area contributed by atoms with Gasteiger partial charge in [0.15, 0.2) is 0 Å². The lowest BCUT2D eigenvalue weighted by Crippen LogP contribution is -2.06. The number of nitriles is 1. The van der Waals surface area contributed by atoms with Crippen LogP contribution in [0.5, 0.6) is 0 Å². The number of fused-ring (bicyclic) bond motifs is 1. The third-order valence-corrected chi connectivity index (χ3v) is 2.44. The lowest BCUT2D eigenvalue weighted by Gasteiger charge is -2.10. The lowest BCUT2D eigenvalue weighted by molar-refractivity contribution is 0.0498. The van der Waals surface area contributed by atoms with Gasteiger partial charge >= 0.3 is 6.16 Å². The molecular weight excluding hydrogens is 218 g/mol. The summed E-state index contributed by atoms with van der Waals surface area (Å²) in [6.07, 6.45) is -2.87. The molecule has 0 aliphatic rings. The second kappa shape index (κ2) is 4.54. The zero-order chi connectivity index (χ0) is 12.3. The van der Waals surface area contributed by atoms with Crippen molar-refractivity contribution in [1.29, 1.82) is 5.26 Å². The van der Waals surface area contributed by atoms with Crippen LogP contribution in [0.1, 0.15) is 11.7 Å². The molecule has 83 valence electrons. The van der Waals surface area contributed by atoms with E-state index in [0.29, 0.717) is 5.56 Å². The molecule has 2 rings (SSSR count). The zero-order valence-corrected chi connectivity index (χ0v) is 8.79. The van der Waals surface area contributed by atoms with E-state index in [0.717, 1.165) is 10.8 Å². The van der Waals surface area contributed by atoms with Gasteiger partial charge in [-0.15, -0.1) is 0 Å². The predicted octanol–water partition coefficient (Wildman–Crippen LogP) is 2.97. The summed E-state index contributed by atoms with van der Waals surface area (Å²) in [6.45, 7) is 0. The molecule has 0 fully saturated rings. The summed E-state index contributed by atoms with van der Waals surface area (Å²) >= 11 is 0. The van der Waals surface area contributed by atoms with E-state index < -0.39 is 12.3 Å². The highest BCUT2D eigenvalue weighted by Gasteiger charge is 2.18. The van der Waals surface area contributed by atoms with Crippen LogP contribution in [0.3, 0.4) is 0 Å². The molecule has 0 spiro atoms. The van der Waals surface area contributed by atoms with E-state index in [1.54, 1.807) is 18.2 Å². The van der Waals surface area contributed by atoms with Crippen molar-refractivity contribution in [2.45, 2.75) is 6.10 Å². The number of nitrogens with zero attached hydrogens (tertiary/aromatic N) is 1. The van der Waals surface area contributed by atoms with Crippen LogP contribution in [0.15, 0.2) is 42.5 Å². The van der Waals surface area contributed by atoms with E-state index in [1.807, 2.05) is 30.3 Å². The van der Waals surface area contributed by atoms with Gasteiger partial charge in [0, 0.05) is 5.56 Å². The number of rotatable bonds is 2. The number of benzene rings is 2. The summed E-state index contributed by atoms with van der Waals surface area (Å²) in [4.78, 5) is 10.4. The van der Waals surface area contributed by atoms with Crippen LogP contribution in [0, 0.1) is 11.3 Å². The quantitative estimate of drug-likeness (QED) is 0.739. The minimum atomic E-state index is -1.70. The van der Waals surface area contributed by atoms with Crippen LogP contribution in [-0.2, 0) is 9.84 Å². The molecule has 0 aliphatic heterocycles. The third-order valence-electron chi connectivity index (χ3n) is 2.44. The largest absolute Gasteiger partial charge is 0.551 e. The second-order valence-electron chi connectivity index (χ2n) is 3.45. The summed E-state index contributed by atoms with van der Waals surface area (Å²) in [6, 6.07) is 14.5. The Morgan fingerprint density at radius 2 is 1.88 bits per heavy atom. The molecule has 4 nitrogen and oxygen atoms in total. The Bertz CT molecular complexity index is 596. The molecule has 17 heavy (non-hydrogen) atoms. The fourth-order valence-electron chi connectivity index (χ4n) is 1.73. The van der Waals surface area contributed by atoms with Crippen molar-refractivity contribution in [1.82, 2.24) is 0 Å². The van der Waals surface area contributed by atoms with Crippen LogP contribution < -0.4 is 0 Å². The van der Waals surface area contributed by atoms with Crippen LogP contribution in [0.25, 0.3) is 10.8 Å². The maximum absolute atomic E-state index is 10.4. The van der Waals surface area contributed by atoms with Crippen LogP contribution in [-0.4, -0.2) is 6.16 Å². The Labute approximate surface area is 97.7 Å². The van der Waals surface area contributed by atoms with E-state index in [-0.39, 0.29) is 0 Å². The van der Waals surface area contributed by atoms with Gasteiger partial charge in [-0.25, -0.2) is 0 Å². The highest BCUT2D eigenvalue weighted by molar-refractivity contribution is 5.86. The summed E-state index contributed by atoms with van der Waals surface area (Å²) in [5.74, 6) is 0. The SMILES string of the molecule is N#CC(OC([O])=O)c1cccc2ccccc12. The molecule has 1 atom stereocenters. The van der Waals surface area contributed by atoms with Crippen molar-refractivity contribution in [2.75, 3.05) is 0 Å². The molecule has 0 heterocycles. The lowest BCUT2D eigenvalue weighted by atomic mass is 10.0. The average Bonchev–Trinajstić information content (AvgIpc) is 2.35. The topological polar surface area (TPSA) is 70.0 Å². The number of ether oxygens (including phenoxy) is 1. The van der Waals surface area contributed by atoms with Gasteiger partial charge in [-0.2, -0.15) is 15.2 Å². The van der Waals surface area contributed by atoms with Gasteiger partial charge < -0.3 is 4.74 Å². The minimum Gasteiger partial charge on any atom is -0.408 e. The highest BCUT2D eigenvalue weighted by atomic mass is 16.7.